The number of likely N-dealkylation sites (tertiary alicyclic amines) is 2. The van der Waals surface area contributed by atoms with Gasteiger partial charge >= 0.3 is 0 Å². The van der Waals surface area contributed by atoms with Crippen molar-refractivity contribution in [2.45, 2.75) is 64.0 Å². The van der Waals surface area contributed by atoms with Crippen LogP contribution in [0.15, 0.2) is 12.4 Å². The van der Waals surface area contributed by atoms with Gasteiger partial charge in [0.15, 0.2) is 0 Å². The molecule has 4 rings (SSSR count). The Morgan fingerprint density at radius 3 is 2.38 bits per heavy atom. The first-order valence-corrected chi connectivity index (χ1v) is 9.79. The second kappa shape index (κ2) is 6.87. The number of hydrogen-bond donors (Lipinski definition) is 0. The normalized spacial score (nSPS) is 24.5. The molecule has 1 saturated carbocycles. The molecule has 0 atom stereocenters. The van der Waals surface area contributed by atoms with Crippen LogP contribution in [0.5, 0.6) is 0 Å². The fourth-order valence-corrected chi connectivity index (χ4v) is 4.41. The highest BCUT2D eigenvalue weighted by molar-refractivity contribution is 5.79. The summed E-state index contributed by atoms with van der Waals surface area (Å²) >= 11 is 0. The summed E-state index contributed by atoms with van der Waals surface area (Å²) in [6.07, 6.45) is 11.2. The summed E-state index contributed by atoms with van der Waals surface area (Å²) in [6, 6.07) is 0.848. The van der Waals surface area contributed by atoms with E-state index in [4.69, 9.17) is 0 Å². The minimum Gasteiger partial charge on any atom is -0.342 e. The molecule has 2 aliphatic heterocycles. The van der Waals surface area contributed by atoms with E-state index in [1.54, 1.807) is 0 Å². The standard InChI is InChI=1S/C19H30N4O/c1-2-23-14-17(13-20-23)15-5-11-22(12-6-15)19(24)16-7-9-21(10-8-16)18-3-4-18/h13-16,18H,2-12H2,1H3. The minimum atomic E-state index is 0.277. The summed E-state index contributed by atoms with van der Waals surface area (Å²) < 4.78 is 2.00. The number of piperidine rings is 2. The number of aromatic nitrogens is 2. The zero-order chi connectivity index (χ0) is 16.5. The van der Waals surface area contributed by atoms with Gasteiger partial charge in [-0.25, -0.2) is 0 Å². The molecule has 5 nitrogen and oxygen atoms in total. The lowest BCUT2D eigenvalue weighted by molar-refractivity contribution is -0.138. The number of nitrogens with zero attached hydrogens (tertiary/aromatic N) is 4. The monoisotopic (exact) mass is 330 g/mol. The highest BCUT2D eigenvalue weighted by atomic mass is 16.2. The Morgan fingerprint density at radius 1 is 1.08 bits per heavy atom. The molecular weight excluding hydrogens is 300 g/mol. The van der Waals surface area contributed by atoms with Crippen LogP contribution in [0.25, 0.3) is 0 Å². The van der Waals surface area contributed by atoms with Gasteiger partial charge in [0, 0.05) is 37.8 Å². The van der Waals surface area contributed by atoms with Gasteiger partial charge in [-0.1, -0.05) is 0 Å². The topological polar surface area (TPSA) is 41.4 Å². The first-order chi connectivity index (χ1) is 11.7. The molecule has 1 aromatic rings. The van der Waals surface area contributed by atoms with Crippen LogP contribution >= 0.6 is 0 Å². The van der Waals surface area contributed by atoms with Crippen molar-refractivity contribution in [1.82, 2.24) is 19.6 Å². The molecule has 0 unspecified atom stereocenters. The van der Waals surface area contributed by atoms with E-state index < -0.39 is 0 Å². The van der Waals surface area contributed by atoms with E-state index in [-0.39, 0.29) is 5.92 Å². The maximum atomic E-state index is 12.8. The number of rotatable bonds is 4. The van der Waals surface area contributed by atoms with Gasteiger partial charge in [0.25, 0.3) is 0 Å². The van der Waals surface area contributed by atoms with Crippen molar-refractivity contribution in [3.63, 3.8) is 0 Å². The largest absolute Gasteiger partial charge is 0.342 e. The Bertz CT molecular complexity index is 564. The van der Waals surface area contributed by atoms with Gasteiger partial charge < -0.3 is 9.80 Å². The Balaban J connectivity index is 1.26. The fraction of sp³-hybridized carbons (Fsp3) is 0.789. The molecule has 24 heavy (non-hydrogen) atoms. The molecule has 1 aliphatic carbocycles. The highest BCUT2D eigenvalue weighted by Gasteiger charge is 2.35. The minimum absolute atomic E-state index is 0.277. The van der Waals surface area contributed by atoms with E-state index in [2.05, 4.69) is 28.0 Å². The van der Waals surface area contributed by atoms with Gasteiger partial charge in [0.2, 0.25) is 5.91 Å². The third-order valence-corrected chi connectivity index (χ3v) is 6.20. The van der Waals surface area contributed by atoms with E-state index in [1.165, 1.54) is 18.4 Å². The van der Waals surface area contributed by atoms with E-state index in [9.17, 15) is 4.79 Å². The van der Waals surface area contributed by atoms with Crippen LogP contribution in [-0.2, 0) is 11.3 Å². The van der Waals surface area contributed by atoms with Crippen LogP contribution in [0.2, 0.25) is 0 Å². The number of amides is 1. The molecule has 0 spiro atoms. The molecule has 0 radical (unpaired) electrons. The average molecular weight is 330 g/mol. The van der Waals surface area contributed by atoms with E-state index in [0.29, 0.717) is 11.8 Å². The summed E-state index contributed by atoms with van der Waals surface area (Å²) in [5, 5.41) is 4.40. The molecule has 3 heterocycles. The fourth-order valence-electron chi connectivity index (χ4n) is 4.41. The first-order valence-electron chi connectivity index (χ1n) is 9.79. The van der Waals surface area contributed by atoms with E-state index in [1.807, 2.05) is 10.9 Å². The molecule has 1 aromatic heterocycles. The van der Waals surface area contributed by atoms with Gasteiger partial charge in [0.05, 0.1) is 6.20 Å². The lowest BCUT2D eigenvalue weighted by Crippen LogP contribution is -2.45. The molecule has 0 bridgehead atoms. The number of aryl methyl sites for hydroxylation is 1. The third kappa shape index (κ3) is 3.37. The molecule has 3 aliphatic rings. The Labute approximate surface area is 145 Å². The first kappa shape index (κ1) is 16.1. The van der Waals surface area contributed by atoms with Crippen molar-refractivity contribution in [3.05, 3.63) is 18.0 Å². The quantitative estimate of drug-likeness (QED) is 0.852. The molecule has 0 N–H and O–H groups in total. The van der Waals surface area contributed by atoms with Crippen LogP contribution in [0.1, 0.15) is 56.9 Å². The molecule has 0 aromatic carbocycles. The lowest BCUT2D eigenvalue weighted by Gasteiger charge is -2.37. The second-order valence-corrected chi connectivity index (χ2v) is 7.77. The molecule has 3 fully saturated rings. The van der Waals surface area contributed by atoms with Crippen LogP contribution < -0.4 is 0 Å². The average Bonchev–Trinajstić information content (AvgIpc) is 3.38. The molecule has 5 heteroatoms. The van der Waals surface area contributed by atoms with Crippen molar-refractivity contribution < 1.29 is 4.79 Å². The zero-order valence-electron chi connectivity index (χ0n) is 14.9. The van der Waals surface area contributed by atoms with Crippen molar-refractivity contribution in [2.24, 2.45) is 5.92 Å². The van der Waals surface area contributed by atoms with E-state index in [0.717, 1.165) is 64.4 Å². The number of carbonyl (C=O) groups is 1. The zero-order valence-corrected chi connectivity index (χ0v) is 14.9. The van der Waals surface area contributed by atoms with Crippen LogP contribution in [0, 0.1) is 5.92 Å². The Morgan fingerprint density at radius 2 is 1.79 bits per heavy atom. The summed E-state index contributed by atoms with van der Waals surface area (Å²) in [7, 11) is 0. The van der Waals surface area contributed by atoms with Crippen molar-refractivity contribution in [1.29, 1.82) is 0 Å². The summed E-state index contributed by atoms with van der Waals surface area (Å²) in [4.78, 5) is 17.6. The van der Waals surface area contributed by atoms with Gasteiger partial charge in [0.1, 0.15) is 0 Å². The number of carbonyl (C=O) groups excluding carboxylic acids is 1. The summed E-state index contributed by atoms with van der Waals surface area (Å²) in [6.45, 7) is 7.15. The van der Waals surface area contributed by atoms with Gasteiger partial charge in [-0.2, -0.15) is 5.10 Å². The molecular formula is C19H30N4O. The van der Waals surface area contributed by atoms with E-state index >= 15 is 0 Å². The predicted molar refractivity (Wildman–Crippen MR) is 93.8 cm³/mol. The lowest BCUT2D eigenvalue weighted by atomic mass is 9.89. The van der Waals surface area contributed by atoms with Crippen LogP contribution in [0.3, 0.4) is 0 Å². The van der Waals surface area contributed by atoms with Crippen molar-refractivity contribution >= 4 is 5.91 Å². The summed E-state index contributed by atoms with van der Waals surface area (Å²) in [5.41, 5.74) is 1.35. The Hall–Kier alpha value is -1.36. The highest BCUT2D eigenvalue weighted by Crippen LogP contribution is 2.33. The molecule has 2 saturated heterocycles. The molecule has 132 valence electrons. The second-order valence-electron chi connectivity index (χ2n) is 7.77. The number of hydrogen-bond acceptors (Lipinski definition) is 3. The summed E-state index contributed by atoms with van der Waals surface area (Å²) in [5.74, 6) is 1.28. The van der Waals surface area contributed by atoms with Crippen LogP contribution in [-0.4, -0.2) is 57.7 Å². The maximum Gasteiger partial charge on any atom is 0.225 e. The smallest absolute Gasteiger partial charge is 0.225 e. The maximum absolute atomic E-state index is 12.8. The van der Waals surface area contributed by atoms with Gasteiger partial charge in [-0.15, -0.1) is 0 Å². The van der Waals surface area contributed by atoms with Crippen molar-refractivity contribution in [2.75, 3.05) is 26.2 Å². The van der Waals surface area contributed by atoms with Gasteiger partial charge in [-0.3, -0.25) is 9.48 Å². The third-order valence-electron chi connectivity index (χ3n) is 6.20. The van der Waals surface area contributed by atoms with Crippen molar-refractivity contribution in [3.8, 4) is 0 Å². The van der Waals surface area contributed by atoms with Gasteiger partial charge in [-0.05, 0) is 70.0 Å². The Kier molecular flexibility index (Phi) is 4.61. The van der Waals surface area contributed by atoms with Crippen LogP contribution in [0.4, 0.5) is 0 Å². The SMILES string of the molecule is CCn1cc(C2CCN(C(=O)C3CCN(C4CC4)CC3)CC2)cn1. The predicted octanol–water partition coefficient (Wildman–Crippen LogP) is 2.48. The molecule has 1 amide bonds.